The summed E-state index contributed by atoms with van der Waals surface area (Å²) >= 11 is 0. The zero-order valence-corrected chi connectivity index (χ0v) is 4.67. The fraction of sp³-hybridized carbons (Fsp3) is 1.00. The first-order valence-corrected chi connectivity index (χ1v) is 2.84. The summed E-state index contributed by atoms with van der Waals surface area (Å²) in [6, 6.07) is 0. The van der Waals surface area contributed by atoms with Crippen LogP contribution in [0.1, 0.15) is 19.3 Å². The van der Waals surface area contributed by atoms with E-state index in [0.29, 0.717) is 13.0 Å². The highest BCUT2D eigenvalue weighted by molar-refractivity contribution is 4.66. The maximum absolute atomic E-state index is 8.76. The van der Waals surface area contributed by atoms with Crippen LogP contribution in [-0.2, 0) is 0 Å². The molecule has 1 aliphatic heterocycles. The second-order valence-corrected chi connectivity index (χ2v) is 2.11. The number of nitrogens with zero attached hydrogens (tertiary/aromatic N) is 1. The highest BCUT2D eigenvalue weighted by atomic mass is 16.5. The third-order valence-electron chi connectivity index (χ3n) is 1.29. The molecule has 0 spiro atoms. The Morgan fingerprint density at radius 3 is 2.25 bits per heavy atom. The molecule has 1 saturated heterocycles. The summed E-state index contributed by atoms with van der Waals surface area (Å²) in [5, 5.41) is 21.1. The normalized spacial score (nSPS) is 27.8. The minimum absolute atomic E-state index is 0.396. The van der Waals surface area contributed by atoms with Crippen LogP contribution in [0.4, 0.5) is 0 Å². The summed E-state index contributed by atoms with van der Waals surface area (Å²) in [4.78, 5) is 0. The van der Waals surface area contributed by atoms with E-state index in [1.54, 1.807) is 0 Å². The first kappa shape index (κ1) is 6.01. The van der Waals surface area contributed by atoms with Crippen LogP contribution >= 0.6 is 0 Å². The van der Waals surface area contributed by atoms with E-state index in [1.165, 1.54) is 0 Å². The zero-order chi connectivity index (χ0) is 6.04. The van der Waals surface area contributed by atoms with E-state index in [4.69, 9.17) is 10.2 Å². The molecule has 1 radical (unpaired) electrons. The molecule has 3 nitrogen and oxygen atoms in total. The van der Waals surface area contributed by atoms with Crippen LogP contribution < -0.4 is 5.32 Å². The molecule has 0 aromatic carbocycles. The minimum Gasteiger partial charge on any atom is -0.352 e. The Bertz CT molecular complexity index is 74.5. The van der Waals surface area contributed by atoms with Crippen molar-refractivity contribution in [1.29, 1.82) is 0 Å². The molecule has 1 fully saturated rings. The molecule has 0 atom stereocenters. The Hall–Kier alpha value is -0.120. The summed E-state index contributed by atoms with van der Waals surface area (Å²) in [7, 11) is 0. The lowest BCUT2D eigenvalue weighted by Gasteiger charge is -2.24. The highest BCUT2D eigenvalue weighted by Gasteiger charge is 2.25. The molecular weight excluding hydrogens is 106 g/mol. The van der Waals surface area contributed by atoms with Gasteiger partial charge in [0.1, 0.15) is 0 Å². The summed E-state index contributed by atoms with van der Waals surface area (Å²) in [5.41, 5.74) is 0. The van der Waals surface area contributed by atoms with Crippen molar-refractivity contribution in [3.05, 3.63) is 0 Å². The van der Waals surface area contributed by atoms with Gasteiger partial charge in [0.2, 0.25) is 5.91 Å². The van der Waals surface area contributed by atoms with Gasteiger partial charge in [-0.3, -0.25) is 0 Å². The molecule has 47 valence electrons. The smallest absolute Gasteiger partial charge is 0.238 e. The number of aliphatic hydroxyl groups is 2. The van der Waals surface area contributed by atoms with Gasteiger partial charge in [0.05, 0.1) is 0 Å². The Kier molecular flexibility index (Phi) is 1.51. The number of piperidine rings is 1. The fourth-order valence-electron chi connectivity index (χ4n) is 0.811. The van der Waals surface area contributed by atoms with E-state index in [-0.39, 0.29) is 0 Å². The van der Waals surface area contributed by atoms with Gasteiger partial charge in [-0.2, -0.15) is 5.32 Å². The van der Waals surface area contributed by atoms with Gasteiger partial charge in [-0.1, -0.05) is 0 Å². The molecule has 0 amide bonds. The van der Waals surface area contributed by atoms with Crippen molar-refractivity contribution in [3.8, 4) is 0 Å². The van der Waals surface area contributed by atoms with E-state index in [1.807, 2.05) is 0 Å². The van der Waals surface area contributed by atoms with Gasteiger partial charge in [-0.15, -0.1) is 0 Å². The van der Waals surface area contributed by atoms with Crippen LogP contribution in [0.25, 0.3) is 0 Å². The van der Waals surface area contributed by atoms with Crippen molar-refractivity contribution in [2.75, 3.05) is 6.54 Å². The van der Waals surface area contributed by atoms with E-state index in [2.05, 4.69) is 5.32 Å². The Balaban J connectivity index is 2.33. The maximum atomic E-state index is 8.76. The molecule has 1 heterocycles. The van der Waals surface area contributed by atoms with Crippen molar-refractivity contribution >= 4 is 0 Å². The van der Waals surface area contributed by atoms with Gasteiger partial charge in [0.15, 0.2) is 0 Å². The van der Waals surface area contributed by atoms with Crippen LogP contribution in [-0.4, -0.2) is 22.7 Å². The summed E-state index contributed by atoms with van der Waals surface area (Å²) in [5.74, 6) is -1.70. The molecule has 2 N–H and O–H groups in total. The van der Waals surface area contributed by atoms with Crippen LogP contribution in [0.2, 0.25) is 0 Å². The second kappa shape index (κ2) is 2.01. The van der Waals surface area contributed by atoms with Crippen molar-refractivity contribution in [2.45, 2.75) is 25.2 Å². The van der Waals surface area contributed by atoms with Crippen LogP contribution in [0, 0.1) is 0 Å². The van der Waals surface area contributed by atoms with Crippen molar-refractivity contribution in [3.63, 3.8) is 0 Å². The van der Waals surface area contributed by atoms with E-state index >= 15 is 0 Å². The molecule has 0 aliphatic carbocycles. The number of hydrogen-bond acceptors (Lipinski definition) is 2. The average molecular weight is 116 g/mol. The lowest BCUT2D eigenvalue weighted by Crippen LogP contribution is -2.42. The Morgan fingerprint density at radius 1 is 1.25 bits per heavy atom. The third kappa shape index (κ3) is 1.43. The van der Waals surface area contributed by atoms with E-state index in [0.717, 1.165) is 12.8 Å². The van der Waals surface area contributed by atoms with Gasteiger partial charge in [-0.25, -0.2) is 0 Å². The van der Waals surface area contributed by atoms with Gasteiger partial charge < -0.3 is 10.2 Å². The predicted octanol–water partition coefficient (Wildman–Crippen LogP) is -0.587. The standard InChI is InChI=1S/C5H10NO2/c7-5(8)3-1-2-4-6-5/h7-8H,1-4H2. The molecule has 0 saturated carbocycles. The molecule has 1 rings (SSSR count). The zero-order valence-electron chi connectivity index (χ0n) is 4.67. The topological polar surface area (TPSA) is 54.6 Å². The van der Waals surface area contributed by atoms with Crippen molar-refractivity contribution in [1.82, 2.24) is 5.32 Å². The summed E-state index contributed by atoms with van der Waals surface area (Å²) in [6.45, 7) is 0.590. The Morgan fingerprint density at radius 2 is 2.00 bits per heavy atom. The summed E-state index contributed by atoms with van der Waals surface area (Å²) < 4.78 is 0. The molecule has 0 aromatic heterocycles. The second-order valence-electron chi connectivity index (χ2n) is 2.11. The first-order chi connectivity index (χ1) is 3.71. The molecule has 0 aromatic rings. The SMILES string of the molecule is OC1(O)CCCC[N]1. The molecule has 8 heavy (non-hydrogen) atoms. The molecular formula is C5H10NO2. The highest BCUT2D eigenvalue weighted by Crippen LogP contribution is 2.13. The predicted molar refractivity (Wildman–Crippen MR) is 28.0 cm³/mol. The Labute approximate surface area is 48.3 Å². The van der Waals surface area contributed by atoms with Gasteiger partial charge in [-0.05, 0) is 12.8 Å². The number of hydrogen-bond donors (Lipinski definition) is 2. The van der Waals surface area contributed by atoms with Crippen molar-refractivity contribution < 1.29 is 10.2 Å². The maximum Gasteiger partial charge on any atom is 0.238 e. The lowest BCUT2D eigenvalue weighted by atomic mass is 10.1. The number of rotatable bonds is 0. The third-order valence-corrected chi connectivity index (χ3v) is 1.29. The lowest BCUT2D eigenvalue weighted by molar-refractivity contribution is -0.201. The average Bonchev–Trinajstić information content (AvgIpc) is 1.65. The molecule has 1 aliphatic rings. The largest absolute Gasteiger partial charge is 0.352 e. The van der Waals surface area contributed by atoms with Crippen LogP contribution in [0.3, 0.4) is 0 Å². The summed E-state index contributed by atoms with van der Waals surface area (Å²) in [6.07, 6.45) is 2.26. The van der Waals surface area contributed by atoms with Gasteiger partial charge >= 0.3 is 0 Å². The van der Waals surface area contributed by atoms with E-state index in [9.17, 15) is 0 Å². The van der Waals surface area contributed by atoms with Crippen molar-refractivity contribution in [2.24, 2.45) is 0 Å². The minimum atomic E-state index is -1.70. The fourth-order valence-corrected chi connectivity index (χ4v) is 0.811. The quantitative estimate of drug-likeness (QED) is 0.416. The van der Waals surface area contributed by atoms with Crippen LogP contribution in [0.5, 0.6) is 0 Å². The monoisotopic (exact) mass is 116 g/mol. The first-order valence-electron chi connectivity index (χ1n) is 2.84. The van der Waals surface area contributed by atoms with E-state index < -0.39 is 5.91 Å². The molecule has 0 unspecified atom stereocenters. The van der Waals surface area contributed by atoms with Gasteiger partial charge in [0.25, 0.3) is 0 Å². The molecule has 3 heteroatoms. The molecule has 0 bridgehead atoms. The van der Waals surface area contributed by atoms with Crippen LogP contribution in [0.15, 0.2) is 0 Å². The van der Waals surface area contributed by atoms with Gasteiger partial charge in [0, 0.05) is 13.0 Å².